The Hall–Kier alpha value is -3.25. The molecule has 4 rings (SSSR count). The van der Waals surface area contributed by atoms with Gasteiger partial charge in [-0.2, -0.15) is 0 Å². The molecule has 2 aliphatic heterocycles. The van der Waals surface area contributed by atoms with Gasteiger partial charge in [0.15, 0.2) is 0 Å². The average Bonchev–Trinajstić information content (AvgIpc) is 3.14. The molecule has 0 saturated carbocycles. The molecule has 0 bridgehead atoms. The average molecular weight is 530 g/mol. The van der Waals surface area contributed by atoms with Crippen LogP contribution in [0.3, 0.4) is 0 Å². The maximum atomic E-state index is 13.8. The van der Waals surface area contributed by atoms with Crippen molar-refractivity contribution in [2.75, 3.05) is 25.1 Å². The fourth-order valence-electron chi connectivity index (χ4n) is 4.18. The lowest BCUT2D eigenvalue weighted by molar-refractivity contribution is -0.143. The van der Waals surface area contributed by atoms with Crippen LogP contribution in [-0.4, -0.2) is 68.7 Å². The predicted molar refractivity (Wildman–Crippen MR) is 142 cm³/mol. The first kappa shape index (κ1) is 25.8. The van der Waals surface area contributed by atoms with Crippen LogP contribution in [-0.2, 0) is 19.1 Å². The van der Waals surface area contributed by atoms with Crippen molar-refractivity contribution in [3.05, 3.63) is 44.7 Å². The summed E-state index contributed by atoms with van der Waals surface area (Å²) in [6.07, 6.45) is 3.68. The smallest absolute Gasteiger partial charge is 0.308 e. The summed E-state index contributed by atoms with van der Waals surface area (Å²) < 4.78 is 6.63. The molecular weight excluding hydrogens is 502 g/mol. The van der Waals surface area contributed by atoms with Gasteiger partial charge >= 0.3 is 5.97 Å². The summed E-state index contributed by atoms with van der Waals surface area (Å²) in [5.74, 6) is -0.985. The largest absolute Gasteiger partial charge is 0.469 e. The zero-order valence-electron chi connectivity index (χ0n) is 20.4. The van der Waals surface area contributed by atoms with E-state index in [2.05, 4.69) is 5.32 Å². The number of esters is 1. The molecule has 2 saturated heterocycles. The minimum Gasteiger partial charge on any atom is -0.469 e. The second-order valence-electron chi connectivity index (χ2n) is 8.68. The molecule has 4 heterocycles. The Bertz CT molecular complexity index is 1350. The second kappa shape index (κ2) is 10.4. The highest BCUT2D eigenvalue weighted by molar-refractivity contribution is 8.26. The van der Waals surface area contributed by atoms with Crippen LogP contribution in [0.4, 0.5) is 5.82 Å². The van der Waals surface area contributed by atoms with Gasteiger partial charge in [-0.1, -0.05) is 37.0 Å². The number of hydrogen-bond acceptors (Lipinski definition) is 9. The molecule has 2 aliphatic rings. The standard InChI is InChI=1S/C24H27N5O5S2/c1-5-14(3)29-23(33)17(36-24(29)35)10-15-20(26-18-7-6-13(2)12-28(18)22(15)32)27-9-8-25-21(31)16(27)11-19(30)34-4/h6-7,10,12,14,16H,5,8-9,11H2,1-4H3,(H,25,31)/b17-10-. The Balaban J connectivity index is 1.91. The van der Waals surface area contributed by atoms with Crippen molar-refractivity contribution in [2.24, 2.45) is 0 Å². The van der Waals surface area contributed by atoms with Crippen LogP contribution in [0.1, 0.15) is 37.8 Å². The van der Waals surface area contributed by atoms with Gasteiger partial charge in [0.05, 0.1) is 24.0 Å². The van der Waals surface area contributed by atoms with Crippen LogP contribution in [0.15, 0.2) is 28.0 Å². The number of nitrogens with one attached hydrogen (secondary N) is 1. The summed E-state index contributed by atoms with van der Waals surface area (Å²) in [5.41, 5.74) is 0.990. The van der Waals surface area contributed by atoms with E-state index in [1.165, 1.54) is 17.6 Å². The number of aryl methyl sites for hydroxylation is 1. The van der Waals surface area contributed by atoms with E-state index < -0.39 is 17.6 Å². The van der Waals surface area contributed by atoms with Crippen LogP contribution in [0, 0.1) is 6.92 Å². The van der Waals surface area contributed by atoms with Crippen LogP contribution in [0.2, 0.25) is 0 Å². The summed E-state index contributed by atoms with van der Waals surface area (Å²) >= 11 is 6.58. The number of fused-ring (bicyclic) bond motifs is 1. The highest BCUT2D eigenvalue weighted by atomic mass is 32.2. The lowest BCUT2D eigenvalue weighted by Crippen LogP contribution is -2.57. The first-order valence-corrected chi connectivity index (χ1v) is 12.8. The topological polar surface area (TPSA) is 113 Å². The number of aromatic nitrogens is 2. The predicted octanol–water partition coefficient (Wildman–Crippen LogP) is 1.87. The second-order valence-corrected chi connectivity index (χ2v) is 10.4. The Kier molecular flexibility index (Phi) is 7.46. The maximum absolute atomic E-state index is 13.8. The number of nitrogens with zero attached hydrogens (tertiary/aromatic N) is 4. The molecule has 0 aromatic carbocycles. The molecule has 2 aromatic heterocycles. The number of thiocarbonyl (C=S) groups is 1. The fraction of sp³-hybridized carbons (Fsp3) is 0.417. The van der Waals surface area contributed by atoms with E-state index in [-0.39, 0.29) is 35.7 Å². The van der Waals surface area contributed by atoms with Gasteiger partial charge in [0.2, 0.25) is 5.91 Å². The number of carbonyl (C=O) groups excluding carboxylic acids is 3. The van der Waals surface area contributed by atoms with Crippen LogP contribution in [0.5, 0.6) is 0 Å². The number of pyridine rings is 1. The van der Waals surface area contributed by atoms with Crippen molar-refractivity contribution >= 4 is 63.6 Å². The highest BCUT2D eigenvalue weighted by Gasteiger charge is 2.37. The molecule has 2 amide bonds. The Labute approximate surface area is 217 Å². The van der Waals surface area contributed by atoms with E-state index in [4.69, 9.17) is 21.9 Å². The monoisotopic (exact) mass is 529 g/mol. The Morgan fingerprint density at radius 2 is 2.11 bits per heavy atom. The summed E-state index contributed by atoms with van der Waals surface area (Å²) in [5, 5.41) is 2.75. The number of rotatable bonds is 6. The quantitative estimate of drug-likeness (QED) is 0.340. The minimum absolute atomic E-state index is 0.0865. The summed E-state index contributed by atoms with van der Waals surface area (Å²) in [7, 11) is 1.25. The molecule has 36 heavy (non-hydrogen) atoms. The van der Waals surface area contributed by atoms with E-state index in [0.29, 0.717) is 28.0 Å². The summed E-state index contributed by atoms with van der Waals surface area (Å²) in [4.78, 5) is 60.0. The molecule has 2 aromatic rings. The summed E-state index contributed by atoms with van der Waals surface area (Å²) in [6, 6.07) is 2.53. The van der Waals surface area contributed by atoms with Crippen molar-refractivity contribution in [3.8, 4) is 0 Å². The molecule has 10 nitrogen and oxygen atoms in total. The third kappa shape index (κ3) is 4.74. The zero-order valence-corrected chi connectivity index (χ0v) is 22.1. The van der Waals surface area contributed by atoms with Gasteiger partial charge in [-0.3, -0.25) is 28.5 Å². The van der Waals surface area contributed by atoms with Gasteiger partial charge in [-0.15, -0.1) is 0 Å². The Morgan fingerprint density at radius 1 is 1.36 bits per heavy atom. The first-order chi connectivity index (χ1) is 17.2. The van der Waals surface area contributed by atoms with Gasteiger partial charge in [0.1, 0.15) is 21.8 Å². The van der Waals surface area contributed by atoms with E-state index in [9.17, 15) is 19.2 Å². The van der Waals surface area contributed by atoms with Crippen molar-refractivity contribution in [2.45, 2.75) is 45.7 Å². The normalized spacial score (nSPS) is 20.3. The first-order valence-electron chi connectivity index (χ1n) is 11.6. The van der Waals surface area contributed by atoms with Crippen molar-refractivity contribution < 1.29 is 19.1 Å². The molecule has 12 heteroatoms. The van der Waals surface area contributed by atoms with Gasteiger partial charge < -0.3 is 15.0 Å². The van der Waals surface area contributed by atoms with Crippen molar-refractivity contribution in [1.29, 1.82) is 0 Å². The number of anilines is 1. The van der Waals surface area contributed by atoms with Gasteiger partial charge in [0.25, 0.3) is 11.5 Å². The number of amides is 2. The minimum atomic E-state index is -0.923. The fourth-order valence-corrected chi connectivity index (χ4v) is 5.62. The van der Waals surface area contributed by atoms with E-state index in [1.54, 1.807) is 22.1 Å². The van der Waals surface area contributed by atoms with Crippen LogP contribution in [0.25, 0.3) is 11.7 Å². The molecule has 190 valence electrons. The van der Waals surface area contributed by atoms with Gasteiger partial charge in [-0.25, -0.2) is 4.98 Å². The number of ether oxygens (including phenoxy) is 1. The van der Waals surface area contributed by atoms with Gasteiger partial charge in [-0.05, 0) is 38.0 Å². The molecule has 2 fully saturated rings. The molecule has 1 N–H and O–H groups in total. The van der Waals surface area contributed by atoms with Crippen LogP contribution < -0.4 is 15.8 Å². The third-order valence-corrected chi connectivity index (χ3v) is 7.64. The van der Waals surface area contributed by atoms with E-state index in [0.717, 1.165) is 23.7 Å². The van der Waals surface area contributed by atoms with Crippen molar-refractivity contribution in [3.63, 3.8) is 0 Å². The lowest BCUT2D eigenvalue weighted by Gasteiger charge is -2.36. The molecule has 0 spiro atoms. The number of thioether (sulfide) groups is 1. The molecule has 0 aliphatic carbocycles. The number of piperazine rings is 1. The Morgan fingerprint density at radius 3 is 2.81 bits per heavy atom. The number of hydrogen-bond donors (Lipinski definition) is 1. The molecule has 2 atom stereocenters. The highest BCUT2D eigenvalue weighted by Crippen LogP contribution is 2.35. The van der Waals surface area contributed by atoms with E-state index in [1.807, 2.05) is 26.8 Å². The lowest BCUT2D eigenvalue weighted by atomic mass is 10.1. The molecular formula is C24H27N5O5S2. The maximum Gasteiger partial charge on any atom is 0.308 e. The molecule has 2 unspecified atom stereocenters. The SMILES string of the molecule is CCC(C)N1C(=O)/C(=C/c2c(N3CCNC(=O)C3CC(=O)OC)nc3ccc(C)cn3c2=O)SC1=S. The number of carbonyl (C=O) groups is 3. The van der Waals surface area contributed by atoms with Crippen LogP contribution >= 0.6 is 24.0 Å². The summed E-state index contributed by atoms with van der Waals surface area (Å²) in [6.45, 7) is 6.36. The zero-order chi connectivity index (χ0) is 26.1. The van der Waals surface area contributed by atoms with Gasteiger partial charge in [0, 0.05) is 25.3 Å². The molecule has 0 radical (unpaired) electrons. The van der Waals surface area contributed by atoms with E-state index >= 15 is 0 Å². The third-order valence-electron chi connectivity index (χ3n) is 6.31. The van der Waals surface area contributed by atoms with Crippen molar-refractivity contribution in [1.82, 2.24) is 19.6 Å². The number of methoxy groups -OCH3 is 1.